The zero-order valence-corrected chi connectivity index (χ0v) is 20.0. The minimum Gasteiger partial charge on any atom is -0.466 e. The highest BCUT2D eigenvalue weighted by Crippen LogP contribution is 2.42. The first-order chi connectivity index (χ1) is 16.0. The number of ether oxygens (including phenoxy) is 3. The first kappa shape index (κ1) is 24.9. The molecule has 0 aromatic heterocycles. The predicted molar refractivity (Wildman–Crippen MR) is 126 cm³/mol. The average Bonchev–Trinajstić information content (AvgIpc) is 3.43. The number of nitrogens with zero attached hydrogens (tertiary/aromatic N) is 2. The van der Waals surface area contributed by atoms with Crippen molar-refractivity contribution >= 4 is 11.9 Å². The summed E-state index contributed by atoms with van der Waals surface area (Å²) in [6.45, 7) is 8.68. The van der Waals surface area contributed by atoms with Gasteiger partial charge in [0.05, 0.1) is 25.1 Å². The third-order valence-corrected chi connectivity index (χ3v) is 6.41. The zero-order valence-electron chi connectivity index (χ0n) is 20.0. The molecule has 0 bridgehead atoms. The van der Waals surface area contributed by atoms with Crippen LogP contribution in [0.25, 0.3) is 0 Å². The van der Waals surface area contributed by atoms with Crippen molar-refractivity contribution in [3.63, 3.8) is 0 Å². The molecule has 0 N–H and O–H groups in total. The molecule has 3 rings (SSSR count). The van der Waals surface area contributed by atoms with Crippen LogP contribution < -0.4 is 9.47 Å². The number of benzene rings is 1. The summed E-state index contributed by atoms with van der Waals surface area (Å²) >= 11 is 0. The lowest BCUT2D eigenvalue weighted by Crippen LogP contribution is -2.44. The van der Waals surface area contributed by atoms with Gasteiger partial charge in [-0.1, -0.05) is 38.7 Å². The molecule has 2 aliphatic heterocycles. The van der Waals surface area contributed by atoms with Gasteiger partial charge < -0.3 is 19.1 Å². The number of esters is 1. The highest BCUT2D eigenvalue weighted by Gasteiger charge is 2.47. The molecule has 0 unspecified atom stereocenters. The van der Waals surface area contributed by atoms with E-state index < -0.39 is 12.0 Å². The summed E-state index contributed by atoms with van der Waals surface area (Å²) in [5, 5.41) is 0. The van der Waals surface area contributed by atoms with Gasteiger partial charge in [-0.05, 0) is 37.5 Å². The molecule has 7 heteroatoms. The van der Waals surface area contributed by atoms with Gasteiger partial charge in [-0.15, -0.1) is 6.42 Å². The molecule has 7 nitrogen and oxygen atoms in total. The number of terminal acetylenes is 1. The molecule has 0 spiro atoms. The highest BCUT2D eigenvalue weighted by molar-refractivity contribution is 5.80. The highest BCUT2D eigenvalue weighted by atomic mass is 16.7. The van der Waals surface area contributed by atoms with E-state index in [0.29, 0.717) is 18.0 Å². The van der Waals surface area contributed by atoms with Crippen LogP contribution in [0, 0.1) is 18.3 Å². The molecule has 33 heavy (non-hydrogen) atoms. The predicted octanol–water partition coefficient (Wildman–Crippen LogP) is 3.42. The minimum absolute atomic E-state index is 0.0612. The lowest BCUT2D eigenvalue weighted by Gasteiger charge is -2.27. The molecule has 2 aliphatic rings. The van der Waals surface area contributed by atoms with E-state index in [2.05, 4.69) is 19.8 Å². The van der Waals surface area contributed by atoms with Crippen molar-refractivity contribution in [2.24, 2.45) is 5.92 Å². The Morgan fingerprint density at radius 2 is 1.85 bits per heavy atom. The largest absolute Gasteiger partial charge is 0.466 e. The monoisotopic (exact) mass is 456 g/mol. The smallest absolute Gasteiger partial charge is 0.312 e. The van der Waals surface area contributed by atoms with E-state index in [1.807, 2.05) is 28.0 Å². The van der Waals surface area contributed by atoms with Crippen molar-refractivity contribution in [1.29, 1.82) is 0 Å². The van der Waals surface area contributed by atoms with Gasteiger partial charge >= 0.3 is 5.97 Å². The van der Waals surface area contributed by atoms with Crippen LogP contribution in [-0.2, 0) is 14.3 Å². The van der Waals surface area contributed by atoms with Crippen molar-refractivity contribution in [3.05, 3.63) is 23.8 Å². The van der Waals surface area contributed by atoms with Gasteiger partial charge in [0.25, 0.3) is 0 Å². The third kappa shape index (κ3) is 5.80. The van der Waals surface area contributed by atoms with Gasteiger partial charge in [0, 0.05) is 25.6 Å². The number of amides is 1. The van der Waals surface area contributed by atoms with Crippen LogP contribution in [0.3, 0.4) is 0 Å². The van der Waals surface area contributed by atoms with Gasteiger partial charge in [-0.25, -0.2) is 0 Å². The number of carbonyl (C=O) groups is 2. The molecule has 3 atom stereocenters. The SMILES string of the molecule is C#C[C@@H]1[C@@H](C(=O)OCC)[C@@H](c2ccc3c(c2)OCO3)CN1CC(=O)N(CCCC)CCCC. The van der Waals surface area contributed by atoms with E-state index in [1.54, 1.807) is 6.92 Å². The lowest BCUT2D eigenvalue weighted by atomic mass is 9.85. The van der Waals surface area contributed by atoms with Gasteiger partial charge in [0.1, 0.15) is 0 Å². The molecule has 1 aromatic rings. The number of carbonyl (C=O) groups excluding carboxylic acids is 2. The van der Waals surface area contributed by atoms with E-state index in [0.717, 1.165) is 44.3 Å². The summed E-state index contributed by atoms with van der Waals surface area (Å²) < 4.78 is 16.4. The van der Waals surface area contributed by atoms with E-state index >= 15 is 0 Å². The number of likely N-dealkylation sites (tertiary alicyclic amines) is 1. The Labute approximate surface area is 197 Å². The molecule has 1 saturated heterocycles. The summed E-state index contributed by atoms with van der Waals surface area (Å²) in [6.07, 6.45) is 9.93. The zero-order chi connectivity index (χ0) is 23.8. The molecular formula is C26H36N2O5. The van der Waals surface area contributed by atoms with Crippen molar-refractivity contribution in [1.82, 2.24) is 9.80 Å². The van der Waals surface area contributed by atoms with Crippen LogP contribution in [0.2, 0.25) is 0 Å². The van der Waals surface area contributed by atoms with E-state index in [9.17, 15) is 9.59 Å². The second-order valence-corrected chi connectivity index (χ2v) is 8.63. The molecule has 180 valence electrons. The van der Waals surface area contributed by atoms with Crippen molar-refractivity contribution in [3.8, 4) is 23.8 Å². The number of rotatable bonds is 11. The van der Waals surface area contributed by atoms with Crippen molar-refractivity contribution in [2.45, 2.75) is 58.4 Å². The number of hydrogen-bond donors (Lipinski definition) is 0. The molecule has 1 amide bonds. The molecule has 1 aromatic carbocycles. The average molecular weight is 457 g/mol. The van der Waals surface area contributed by atoms with Gasteiger partial charge in [-0.3, -0.25) is 14.5 Å². The summed E-state index contributed by atoms with van der Waals surface area (Å²) in [5.41, 5.74) is 0.932. The Balaban J connectivity index is 1.83. The number of unbranched alkanes of at least 4 members (excludes halogenated alkanes) is 2. The van der Waals surface area contributed by atoms with Crippen LogP contribution in [0.4, 0.5) is 0 Å². The van der Waals surface area contributed by atoms with E-state index in [-0.39, 0.29) is 37.7 Å². The summed E-state index contributed by atoms with van der Waals surface area (Å²) in [6, 6.07) is 5.20. The molecule has 0 aliphatic carbocycles. The molecular weight excluding hydrogens is 420 g/mol. The Morgan fingerprint density at radius 1 is 1.15 bits per heavy atom. The van der Waals surface area contributed by atoms with Crippen molar-refractivity contribution in [2.75, 3.05) is 39.6 Å². The quantitative estimate of drug-likeness (QED) is 0.375. The molecule has 2 heterocycles. The summed E-state index contributed by atoms with van der Waals surface area (Å²) in [5.74, 6) is 3.11. The van der Waals surface area contributed by atoms with E-state index in [1.165, 1.54) is 0 Å². The third-order valence-electron chi connectivity index (χ3n) is 6.41. The van der Waals surface area contributed by atoms with Gasteiger partial charge in [0.2, 0.25) is 12.7 Å². The van der Waals surface area contributed by atoms with Crippen molar-refractivity contribution < 1.29 is 23.8 Å². The van der Waals surface area contributed by atoms with Crippen LogP contribution in [-0.4, -0.2) is 67.3 Å². The fraction of sp³-hybridized carbons (Fsp3) is 0.615. The Hall–Kier alpha value is -2.72. The Bertz CT molecular complexity index is 857. The first-order valence-electron chi connectivity index (χ1n) is 12.1. The number of fused-ring (bicyclic) bond motifs is 1. The van der Waals surface area contributed by atoms with Crippen LogP contribution >= 0.6 is 0 Å². The second-order valence-electron chi connectivity index (χ2n) is 8.63. The van der Waals surface area contributed by atoms with Gasteiger partial charge in [-0.2, -0.15) is 0 Å². The lowest BCUT2D eigenvalue weighted by molar-refractivity contribution is -0.149. The Morgan fingerprint density at radius 3 is 2.48 bits per heavy atom. The molecule has 0 saturated carbocycles. The maximum absolute atomic E-state index is 13.2. The maximum Gasteiger partial charge on any atom is 0.312 e. The first-order valence-corrected chi connectivity index (χ1v) is 12.1. The molecule has 0 radical (unpaired) electrons. The Kier molecular flexibility index (Phi) is 9.02. The molecule has 1 fully saturated rings. The summed E-state index contributed by atoms with van der Waals surface area (Å²) in [4.78, 5) is 30.1. The van der Waals surface area contributed by atoms with E-state index in [4.69, 9.17) is 20.6 Å². The van der Waals surface area contributed by atoms with Gasteiger partial charge in [0.15, 0.2) is 11.5 Å². The summed E-state index contributed by atoms with van der Waals surface area (Å²) in [7, 11) is 0. The minimum atomic E-state index is -0.553. The van der Waals surface area contributed by atoms with Crippen LogP contribution in [0.5, 0.6) is 11.5 Å². The number of hydrogen-bond acceptors (Lipinski definition) is 6. The second kappa shape index (κ2) is 11.9. The maximum atomic E-state index is 13.2. The normalized spacial score (nSPS) is 21.6. The fourth-order valence-corrected chi connectivity index (χ4v) is 4.62. The standard InChI is InChI=1S/C26H36N2O5/c1-5-9-13-27(14-10-6-2)24(29)17-28-16-20(25(21(28)7-3)26(30)31-8-4)19-11-12-22-23(15-19)33-18-32-22/h3,11-12,15,20-21,25H,5-6,8-10,13-14,16-18H2,1-2,4H3/t20-,21-,25+/m1/s1. The topological polar surface area (TPSA) is 68.3 Å². The van der Waals surface area contributed by atoms with Crippen LogP contribution in [0.1, 0.15) is 57.9 Å². The fourth-order valence-electron chi connectivity index (χ4n) is 4.62. The van der Waals surface area contributed by atoms with Crippen LogP contribution in [0.15, 0.2) is 18.2 Å².